The van der Waals surface area contributed by atoms with Crippen molar-refractivity contribution in [2.75, 3.05) is 38.5 Å². The van der Waals surface area contributed by atoms with Crippen molar-refractivity contribution in [2.45, 2.75) is 24.1 Å². The van der Waals surface area contributed by atoms with Crippen LogP contribution < -0.4 is 24.4 Å². The molecule has 0 bridgehead atoms. The van der Waals surface area contributed by atoms with Crippen LogP contribution in [-0.4, -0.2) is 61.3 Å². The van der Waals surface area contributed by atoms with Crippen LogP contribution in [0.5, 0.6) is 17.2 Å². The van der Waals surface area contributed by atoms with Gasteiger partial charge in [0.05, 0.1) is 43.7 Å². The number of hydrogen-bond donors (Lipinski definition) is 1. The molecular formula is C32H31ClN4O5S. The first-order valence-corrected chi connectivity index (χ1v) is 15.3. The lowest BCUT2D eigenvalue weighted by atomic mass is 9.99. The highest BCUT2D eigenvalue weighted by molar-refractivity contribution is 8.00. The third-order valence-electron chi connectivity index (χ3n) is 7.48. The number of halogens is 1. The van der Waals surface area contributed by atoms with Crippen molar-refractivity contribution in [2.24, 2.45) is 0 Å². The Labute approximate surface area is 259 Å². The average Bonchev–Trinajstić information content (AvgIpc) is 3.79. The molecule has 0 spiro atoms. The van der Waals surface area contributed by atoms with E-state index in [1.807, 2.05) is 66.7 Å². The van der Waals surface area contributed by atoms with Crippen LogP contribution >= 0.6 is 23.4 Å². The van der Waals surface area contributed by atoms with Crippen LogP contribution in [0.15, 0.2) is 66.7 Å². The number of aromatic nitrogens is 2. The molecule has 0 saturated heterocycles. The number of benzene rings is 3. The van der Waals surface area contributed by atoms with Gasteiger partial charge in [-0.05, 0) is 66.9 Å². The maximum Gasteiger partial charge on any atom is 0.240 e. The molecule has 1 saturated carbocycles. The third kappa shape index (κ3) is 5.89. The van der Waals surface area contributed by atoms with Gasteiger partial charge in [-0.1, -0.05) is 29.8 Å². The second-order valence-electron chi connectivity index (χ2n) is 10.3. The van der Waals surface area contributed by atoms with Crippen molar-refractivity contribution in [1.29, 1.82) is 0 Å². The zero-order valence-electron chi connectivity index (χ0n) is 24.0. The molecule has 6 rings (SSSR count). The van der Waals surface area contributed by atoms with E-state index in [2.05, 4.69) is 5.32 Å². The van der Waals surface area contributed by atoms with Crippen LogP contribution in [0, 0.1) is 0 Å². The fourth-order valence-electron chi connectivity index (χ4n) is 5.17. The van der Waals surface area contributed by atoms with Gasteiger partial charge in [0.2, 0.25) is 11.8 Å². The smallest absolute Gasteiger partial charge is 0.240 e. The molecule has 9 nitrogen and oxygen atoms in total. The predicted molar refractivity (Wildman–Crippen MR) is 168 cm³/mol. The second-order valence-corrected chi connectivity index (χ2v) is 11.9. The molecule has 0 radical (unpaired) electrons. The van der Waals surface area contributed by atoms with Crippen molar-refractivity contribution < 1.29 is 23.8 Å². The Bertz CT molecular complexity index is 1650. The van der Waals surface area contributed by atoms with E-state index in [0.717, 1.165) is 35.2 Å². The number of nitrogens with zero attached hydrogens (tertiary/aromatic N) is 3. The van der Waals surface area contributed by atoms with Gasteiger partial charge in [-0.2, -0.15) is 5.10 Å². The number of hydrogen-bond acceptors (Lipinski definition) is 7. The van der Waals surface area contributed by atoms with Crippen molar-refractivity contribution in [3.05, 3.63) is 82.9 Å². The minimum absolute atomic E-state index is 0.122. The number of nitrogens with one attached hydrogen (secondary N) is 1. The van der Waals surface area contributed by atoms with Crippen LogP contribution in [0.3, 0.4) is 0 Å². The highest BCUT2D eigenvalue weighted by Crippen LogP contribution is 2.49. The Balaban J connectivity index is 1.60. The highest BCUT2D eigenvalue weighted by atomic mass is 35.5. The molecule has 43 heavy (non-hydrogen) atoms. The summed E-state index contributed by atoms with van der Waals surface area (Å²) in [6.07, 6.45) is 1.90. The van der Waals surface area contributed by atoms with E-state index in [0.29, 0.717) is 33.8 Å². The third-order valence-corrected chi connectivity index (χ3v) is 8.99. The van der Waals surface area contributed by atoms with Crippen molar-refractivity contribution in [1.82, 2.24) is 15.1 Å². The lowest BCUT2D eigenvalue weighted by molar-refractivity contribution is -0.123. The first-order chi connectivity index (χ1) is 20.9. The molecule has 2 amide bonds. The Morgan fingerprint density at radius 3 is 2.35 bits per heavy atom. The lowest BCUT2D eigenvalue weighted by Gasteiger charge is -2.23. The molecule has 11 heteroatoms. The number of carbonyl (C=O) groups excluding carboxylic acids is 2. The first kappa shape index (κ1) is 28.9. The van der Waals surface area contributed by atoms with E-state index in [-0.39, 0.29) is 35.4 Å². The number of ether oxygens (including phenoxy) is 3. The van der Waals surface area contributed by atoms with Gasteiger partial charge in [-0.15, -0.1) is 11.8 Å². The van der Waals surface area contributed by atoms with Crippen LogP contribution in [0.4, 0.5) is 5.82 Å². The molecule has 1 unspecified atom stereocenters. The van der Waals surface area contributed by atoms with E-state index in [1.165, 1.54) is 11.8 Å². The van der Waals surface area contributed by atoms with Gasteiger partial charge < -0.3 is 19.5 Å². The van der Waals surface area contributed by atoms with Gasteiger partial charge in [-0.25, -0.2) is 4.68 Å². The molecule has 1 fully saturated rings. The van der Waals surface area contributed by atoms with E-state index >= 15 is 0 Å². The number of methoxy groups -OCH3 is 3. The van der Waals surface area contributed by atoms with Gasteiger partial charge in [0.15, 0.2) is 11.5 Å². The molecule has 1 aliphatic carbocycles. The van der Waals surface area contributed by atoms with Gasteiger partial charge in [-0.3, -0.25) is 14.5 Å². The topological polar surface area (TPSA) is 94.9 Å². The minimum Gasteiger partial charge on any atom is -0.497 e. The number of anilines is 1. The molecule has 1 N–H and O–H groups in total. The quantitative estimate of drug-likeness (QED) is 0.258. The number of fused-ring (bicyclic) bond motifs is 1. The van der Waals surface area contributed by atoms with Gasteiger partial charge >= 0.3 is 0 Å². The zero-order valence-corrected chi connectivity index (χ0v) is 25.6. The Morgan fingerprint density at radius 1 is 0.977 bits per heavy atom. The van der Waals surface area contributed by atoms with Crippen molar-refractivity contribution >= 4 is 41.0 Å². The first-order valence-electron chi connectivity index (χ1n) is 13.9. The SMILES string of the molecule is COc1ccc(-n2nc(-c3ccc(Cl)cc3)c3c2N(CC(=O)NC2CC2)C(=O)CSC3c2ccc(OC)c(OC)c2)cc1. The predicted octanol–water partition coefficient (Wildman–Crippen LogP) is 5.67. The van der Waals surface area contributed by atoms with Gasteiger partial charge in [0, 0.05) is 22.2 Å². The van der Waals surface area contributed by atoms with E-state index in [9.17, 15) is 9.59 Å². The summed E-state index contributed by atoms with van der Waals surface area (Å²) in [5, 5.41) is 8.42. The minimum atomic E-state index is -0.326. The summed E-state index contributed by atoms with van der Waals surface area (Å²) >= 11 is 7.75. The summed E-state index contributed by atoms with van der Waals surface area (Å²) in [4.78, 5) is 28.6. The second kappa shape index (κ2) is 12.2. The summed E-state index contributed by atoms with van der Waals surface area (Å²) in [5.41, 5.74) is 3.94. The van der Waals surface area contributed by atoms with Crippen LogP contribution in [0.25, 0.3) is 16.9 Å². The molecule has 2 heterocycles. The summed E-state index contributed by atoms with van der Waals surface area (Å²) in [6.45, 7) is -0.122. The van der Waals surface area contributed by atoms with Crippen LogP contribution in [0.2, 0.25) is 5.02 Å². The molecule has 2 aliphatic rings. The molecule has 4 aromatic rings. The van der Waals surface area contributed by atoms with Crippen molar-refractivity contribution in [3.8, 4) is 34.2 Å². The van der Waals surface area contributed by atoms with E-state index in [4.69, 9.17) is 30.9 Å². The lowest BCUT2D eigenvalue weighted by Crippen LogP contribution is -2.43. The fourth-order valence-corrected chi connectivity index (χ4v) is 6.48. The average molecular weight is 619 g/mol. The van der Waals surface area contributed by atoms with E-state index < -0.39 is 0 Å². The largest absolute Gasteiger partial charge is 0.497 e. The van der Waals surface area contributed by atoms with Crippen molar-refractivity contribution in [3.63, 3.8) is 0 Å². The van der Waals surface area contributed by atoms with Gasteiger partial charge in [0.25, 0.3) is 0 Å². The Kier molecular flexibility index (Phi) is 8.23. The Hall–Kier alpha value is -4.15. The molecule has 222 valence electrons. The molecule has 1 aliphatic heterocycles. The maximum atomic E-state index is 13.9. The molecule has 1 aromatic heterocycles. The van der Waals surface area contributed by atoms with Crippen LogP contribution in [-0.2, 0) is 9.59 Å². The molecule has 1 atom stereocenters. The summed E-state index contributed by atoms with van der Waals surface area (Å²) < 4.78 is 18.3. The normalized spacial score (nSPS) is 16.3. The standard InChI is InChI=1S/C32H31ClN4O5S/c1-40-24-13-11-23(12-14-24)37-32-29(30(35-37)19-4-7-21(33)8-5-19)31(20-6-15-25(41-2)26(16-20)42-3)43-18-28(39)36(32)17-27(38)34-22-9-10-22/h4-8,11-16,22,31H,9-10,17-18H2,1-3H3,(H,34,38). The Morgan fingerprint density at radius 2 is 1.70 bits per heavy atom. The van der Waals surface area contributed by atoms with Crippen LogP contribution in [0.1, 0.15) is 29.2 Å². The highest BCUT2D eigenvalue weighted by Gasteiger charge is 2.38. The number of amides is 2. The van der Waals surface area contributed by atoms with Gasteiger partial charge in [0.1, 0.15) is 18.1 Å². The number of carbonyl (C=O) groups is 2. The molecular weight excluding hydrogens is 588 g/mol. The van der Waals surface area contributed by atoms with E-state index in [1.54, 1.807) is 30.9 Å². The zero-order chi connectivity index (χ0) is 30.1. The monoisotopic (exact) mass is 618 g/mol. The maximum absolute atomic E-state index is 13.9. The molecule has 3 aromatic carbocycles. The summed E-state index contributed by atoms with van der Waals surface area (Å²) in [5.74, 6) is 2.18. The fraction of sp³-hybridized carbons (Fsp3) is 0.281. The summed E-state index contributed by atoms with van der Waals surface area (Å²) in [7, 11) is 4.80. The number of thioether (sulfide) groups is 1. The number of rotatable bonds is 9. The summed E-state index contributed by atoms with van der Waals surface area (Å²) in [6, 6.07) is 20.8.